The lowest BCUT2D eigenvalue weighted by molar-refractivity contribution is 0.0843. The molecule has 1 amide bonds. The van der Waals surface area contributed by atoms with E-state index in [0.29, 0.717) is 22.9 Å². The summed E-state index contributed by atoms with van der Waals surface area (Å²) in [6.07, 6.45) is 3.62. The number of carbonyl (C=O) groups excluding carboxylic acids is 1. The first-order chi connectivity index (χ1) is 13.2. The second kappa shape index (κ2) is 8.77. The molecule has 9 heteroatoms. The molecule has 1 atom stereocenters. The van der Waals surface area contributed by atoms with Crippen LogP contribution in [0.2, 0.25) is 0 Å². The van der Waals surface area contributed by atoms with E-state index in [1.54, 1.807) is 48.1 Å². The van der Waals surface area contributed by atoms with Gasteiger partial charge >= 0.3 is 0 Å². The van der Waals surface area contributed by atoms with Crippen molar-refractivity contribution in [2.45, 2.75) is 6.10 Å². The molecule has 0 saturated heterocycles. The lowest BCUT2D eigenvalue weighted by Crippen LogP contribution is -2.35. The average Bonchev–Trinajstić information content (AvgIpc) is 3.25. The first-order valence-corrected chi connectivity index (χ1v) is 8.20. The molecule has 0 bridgehead atoms. The van der Waals surface area contributed by atoms with Crippen molar-refractivity contribution in [1.29, 1.82) is 0 Å². The van der Waals surface area contributed by atoms with E-state index < -0.39 is 6.10 Å². The number of aliphatic hydroxyl groups is 1. The number of rotatable bonds is 8. The summed E-state index contributed by atoms with van der Waals surface area (Å²) in [5.74, 6) is 1.51. The molecule has 0 saturated carbocycles. The van der Waals surface area contributed by atoms with E-state index in [-0.39, 0.29) is 19.1 Å². The van der Waals surface area contributed by atoms with E-state index in [1.165, 1.54) is 18.9 Å². The van der Waals surface area contributed by atoms with Crippen LogP contribution < -0.4 is 14.8 Å². The molecule has 0 aliphatic heterocycles. The highest BCUT2D eigenvalue weighted by molar-refractivity contribution is 5.93. The van der Waals surface area contributed by atoms with E-state index >= 15 is 0 Å². The molecule has 2 N–H and O–H groups in total. The van der Waals surface area contributed by atoms with Gasteiger partial charge in [0.15, 0.2) is 0 Å². The molecule has 27 heavy (non-hydrogen) atoms. The van der Waals surface area contributed by atoms with Crippen molar-refractivity contribution < 1.29 is 19.4 Å². The number of nitrogens with one attached hydrogen (secondary N) is 1. The number of aromatic nitrogens is 4. The summed E-state index contributed by atoms with van der Waals surface area (Å²) in [5, 5.41) is 20.0. The molecule has 3 aromatic rings. The Morgan fingerprint density at radius 1 is 1.22 bits per heavy atom. The summed E-state index contributed by atoms with van der Waals surface area (Å²) in [7, 11) is 1.57. The second-order valence-electron chi connectivity index (χ2n) is 5.63. The van der Waals surface area contributed by atoms with Crippen LogP contribution >= 0.6 is 0 Å². The van der Waals surface area contributed by atoms with Crippen molar-refractivity contribution >= 4 is 5.91 Å². The third kappa shape index (κ3) is 5.02. The molecule has 0 fully saturated rings. The van der Waals surface area contributed by atoms with Crippen molar-refractivity contribution in [2.75, 3.05) is 20.3 Å². The predicted molar refractivity (Wildman–Crippen MR) is 96.0 cm³/mol. The van der Waals surface area contributed by atoms with Crippen LogP contribution in [0.3, 0.4) is 0 Å². The van der Waals surface area contributed by atoms with Gasteiger partial charge in [0.2, 0.25) is 0 Å². The molecular formula is C18H19N5O4. The topological polar surface area (TPSA) is 111 Å². The van der Waals surface area contributed by atoms with Crippen molar-refractivity contribution in [3.05, 3.63) is 60.8 Å². The Morgan fingerprint density at radius 2 is 2.00 bits per heavy atom. The summed E-state index contributed by atoms with van der Waals surface area (Å²) in [6.45, 7) is 0.0915. The normalized spacial score (nSPS) is 11.6. The highest BCUT2D eigenvalue weighted by Crippen LogP contribution is 2.18. The smallest absolute Gasteiger partial charge is 0.252 e. The Bertz CT molecular complexity index is 868. The summed E-state index contributed by atoms with van der Waals surface area (Å²) in [6, 6.07) is 10.4. The van der Waals surface area contributed by atoms with Crippen LogP contribution in [0.1, 0.15) is 10.4 Å². The molecule has 3 rings (SSSR count). The minimum atomic E-state index is -0.857. The number of hydrogen-bond acceptors (Lipinski definition) is 7. The van der Waals surface area contributed by atoms with Gasteiger partial charge in [0, 0.05) is 18.8 Å². The first-order valence-electron chi connectivity index (χ1n) is 8.20. The Hall–Kier alpha value is -3.46. The van der Waals surface area contributed by atoms with Gasteiger partial charge in [0.05, 0.1) is 12.7 Å². The van der Waals surface area contributed by atoms with Crippen molar-refractivity contribution in [1.82, 2.24) is 25.1 Å². The molecule has 140 valence electrons. The first kappa shape index (κ1) is 18.3. The third-order valence-corrected chi connectivity index (χ3v) is 3.68. The molecular weight excluding hydrogens is 350 g/mol. The fraction of sp³-hybridized carbons (Fsp3) is 0.222. The van der Waals surface area contributed by atoms with Gasteiger partial charge < -0.3 is 19.9 Å². The van der Waals surface area contributed by atoms with E-state index in [0.717, 1.165) is 0 Å². The zero-order valence-corrected chi connectivity index (χ0v) is 14.6. The van der Waals surface area contributed by atoms with Crippen LogP contribution in [0, 0.1) is 0 Å². The molecule has 0 aliphatic carbocycles. The zero-order chi connectivity index (χ0) is 19.1. The maximum absolute atomic E-state index is 12.2. The number of benzene rings is 1. The average molecular weight is 369 g/mol. The van der Waals surface area contributed by atoms with Gasteiger partial charge in [-0.05, 0) is 24.3 Å². The molecule has 9 nitrogen and oxygen atoms in total. The fourth-order valence-corrected chi connectivity index (χ4v) is 2.25. The maximum atomic E-state index is 12.2. The predicted octanol–water partition coefficient (Wildman–Crippen LogP) is 0.841. The number of hydrogen-bond donors (Lipinski definition) is 2. The molecule has 0 spiro atoms. The molecule has 0 aliphatic rings. The number of pyridine rings is 1. The van der Waals surface area contributed by atoms with E-state index in [1.807, 2.05) is 0 Å². The van der Waals surface area contributed by atoms with Gasteiger partial charge in [0.1, 0.15) is 42.7 Å². The van der Waals surface area contributed by atoms with Gasteiger partial charge in [-0.1, -0.05) is 6.07 Å². The summed E-state index contributed by atoms with van der Waals surface area (Å²) < 4.78 is 12.2. The number of amides is 1. The number of aliphatic hydroxyl groups excluding tert-OH is 1. The van der Waals surface area contributed by atoms with Crippen LogP contribution in [0.15, 0.2) is 55.2 Å². The number of carbonyl (C=O) groups is 1. The van der Waals surface area contributed by atoms with Gasteiger partial charge in [-0.15, -0.1) is 10.2 Å². The zero-order valence-electron chi connectivity index (χ0n) is 14.6. The lowest BCUT2D eigenvalue weighted by atomic mass is 10.2. The quantitative estimate of drug-likeness (QED) is 0.605. The Kier molecular flexibility index (Phi) is 5.95. The lowest BCUT2D eigenvalue weighted by Gasteiger charge is -2.14. The number of ether oxygens (including phenoxy) is 2. The van der Waals surface area contributed by atoms with E-state index in [9.17, 15) is 9.90 Å². The Morgan fingerprint density at radius 3 is 2.70 bits per heavy atom. The van der Waals surface area contributed by atoms with Gasteiger partial charge in [0.25, 0.3) is 5.91 Å². The van der Waals surface area contributed by atoms with Crippen molar-refractivity contribution in [3.63, 3.8) is 0 Å². The summed E-state index contributed by atoms with van der Waals surface area (Å²) in [5.41, 5.74) is 0.382. The maximum Gasteiger partial charge on any atom is 0.252 e. The third-order valence-electron chi connectivity index (χ3n) is 3.68. The van der Waals surface area contributed by atoms with Crippen molar-refractivity contribution in [3.8, 4) is 17.3 Å². The van der Waals surface area contributed by atoms with Crippen molar-refractivity contribution in [2.24, 2.45) is 0 Å². The number of methoxy groups -OCH3 is 1. The van der Waals surface area contributed by atoms with Gasteiger partial charge in [-0.2, -0.15) is 0 Å². The van der Waals surface area contributed by atoms with E-state index in [2.05, 4.69) is 20.5 Å². The van der Waals surface area contributed by atoms with Crippen LogP contribution in [-0.4, -0.2) is 57.1 Å². The number of nitrogens with zero attached hydrogens (tertiary/aromatic N) is 4. The van der Waals surface area contributed by atoms with Crippen LogP contribution in [0.4, 0.5) is 0 Å². The highest BCUT2D eigenvalue weighted by atomic mass is 16.5. The minimum absolute atomic E-state index is 0.0399. The molecule has 0 unspecified atom stereocenters. The second-order valence-corrected chi connectivity index (χ2v) is 5.63. The monoisotopic (exact) mass is 369 g/mol. The fourth-order valence-electron chi connectivity index (χ4n) is 2.25. The highest BCUT2D eigenvalue weighted by Gasteiger charge is 2.11. The SMILES string of the molecule is COc1cccc(OC[C@@H](O)CNC(=O)c2ccc(-n3cnnc3)nc2)c1. The standard InChI is InChI=1S/C18H19N5O4/c1-26-15-3-2-4-16(7-15)27-10-14(24)9-20-18(25)13-5-6-17(19-8-13)23-11-21-22-12-23/h2-8,11-12,14,24H,9-10H2,1H3,(H,20,25)/t14-/m0/s1. The minimum Gasteiger partial charge on any atom is -0.497 e. The van der Waals surface area contributed by atoms with Gasteiger partial charge in [-0.25, -0.2) is 4.98 Å². The molecule has 2 aromatic heterocycles. The molecule has 2 heterocycles. The van der Waals surface area contributed by atoms with E-state index in [4.69, 9.17) is 9.47 Å². The Labute approximate surface area is 155 Å². The summed E-state index contributed by atoms with van der Waals surface area (Å²) >= 11 is 0. The van der Waals surface area contributed by atoms with Crippen LogP contribution in [-0.2, 0) is 0 Å². The van der Waals surface area contributed by atoms with Crippen LogP contribution in [0.25, 0.3) is 5.82 Å². The molecule has 1 aromatic carbocycles. The largest absolute Gasteiger partial charge is 0.497 e. The molecule has 0 radical (unpaired) electrons. The summed E-state index contributed by atoms with van der Waals surface area (Å²) in [4.78, 5) is 16.3. The Balaban J connectivity index is 1.46. The van der Waals surface area contributed by atoms with Crippen LogP contribution in [0.5, 0.6) is 11.5 Å². The van der Waals surface area contributed by atoms with Gasteiger partial charge in [-0.3, -0.25) is 9.36 Å².